The molecule has 1 atom stereocenters. The van der Waals surface area contributed by atoms with Gasteiger partial charge in [-0.05, 0) is 22.0 Å². The lowest BCUT2D eigenvalue weighted by Crippen LogP contribution is -2.27. The van der Waals surface area contributed by atoms with E-state index in [-0.39, 0.29) is 11.9 Å². The van der Waals surface area contributed by atoms with Crippen LogP contribution < -0.4 is 11.3 Å². The van der Waals surface area contributed by atoms with Gasteiger partial charge in [0.25, 0.3) is 0 Å². The van der Waals surface area contributed by atoms with Crippen molar-refractivity contribution in [2.24, 2.45) is 5.84 Å². The molecule has 3 N–H and O–H groups in total. The number of hydrazine groups is 1. The molecule has 0 saturated carbocycles. The first-order chi connectivity index (χ1) is 6.20. The van der Waals surface area contributed by atoms with E-state index in [0.717, 1.165) is 0 Å². The summed E-state index contributed by atoms with van der Waals surface area (Å²) in [5, 5.41) is 0. The average molecular weight is 245 g/mol. The fourth-order valence-corrected chi connectivity index (χ4v) is 1.43. The third-order valence-electron chi connectivity index (χ3n) is 1.73. The first kappa shape index (κ1) is 10.4. The summed E-state index contributed by atoms with van der Waals surface area (Å²) >= 11 is 3.09. The molecule has 0 amide bonds. The van der Waals surface area contributed by atoms with Crippen molar-refractivity contribution in [1.82, 2.24) is 5.43 Å². The minimum atomic E-state index is -0.363. The number of hydrogen-bond donors (Lipinski definition) is 2. The van der Waals surface area contributed by atoms with E-state index in [2.05, 4.69) is 27.9 Å². The van der Waals surface area contributed by atoms with Crippen LogP contribution >= 0.6 is 15.9 Å². The van der Waals surface area contributed by atoms with Crippen LogP contribution in [-0.2, 0) is 0 Å². The molecule has 0 heterocycles. The van der Waals surface area contributed by atoms with Gasteiger partial charge in [0.1, 0.15) is 5.82 Å². The van der Waals surface area contributed by atoms with Crippen molar-refractivity contribution in [3.8, 4) is 0 Å². The molecule has 0 radical (unpaired) electrons. The van der Waals surface area contributed by atoms with Crippen LogP contribution in [0.2, 0.25) is 0 Å². The number of nitrogens with two attached hydrogens (primary N) is 1. The van der Waals surface area contributed by atoms with E-state index < -0.39 is 0 Å². The third-order valence-corrected chi connectivity index (χ3v) is 2.34. The Labute approximate surface area is 84.7 Å². The molecule has 0 aromatic heterocycles. The van der Waals surface area contributed by atoms with E-state index >= 15 is 0 Å². The van der Waals surface area contributed by atoms with Crippen LogP contribution in [0.4, 0.5) is 4.39 Å². The van der Waals surface area contributed by atoms with Crippen molar-refractivity contribution in [3.05, 3.63) is 46.7 Å². The Bertz CT molecular complexity index is 314. The van der Waals surface area contributed by atoms with Crippen LogP contribution in [0.15, 0.2) is 35.3 Å². The number of benzene rings is 1. The maximum atomic E-state index is 13.4. The van der Waals surface area contributed by atoms with Gasteiger partial charge in [-0.25, -0.2) is 9.82 Å². The Balaban J connectivity index is 3.13. The first-order valence-corrected chi connectivity index (χ1v) is 4.52. The van der Waals surface area contributed by atoms with Gasteiger partial charge in [-0.3, -0.25) is 5.84 Å². The molecule has 1 rings (SSSR count). The van der Waals surface area contributed by atoms with Gasteiger partial charge >= 0.3 is 0 Å². The second kappa shape index (κ2) is 4.50. The predicted molar refractivity (Wildman–Crippen MR) is 54.4 cm³/mol. The molecule has 0 aliphatic rings. The Morgan fingerprint density at radius 1 is 1.62 bits per heavy atom. The predicted octanol–water partition coefficient (Wildman–Crippen LogP) is 2.28. The lowest BCUT2D eigenvalue weighted by Gasteiger charge is -2.12. The van der Waals surface area contributed by atoms with Crippen LogP contribution in [0.1, 0.15) is 11.6 Å². The molecular weight excluding hydrogens is 235 g/mol. The van der Waals surface area contributed by atoms with Crippen LogP contribution in [0.5, 0.6) is 0 Å². The largest absolute Gasteiger partial charge is 0.271 e. The van der Waals surface area contributed by atoms with Gasteiger partial charge < -0.3 is 0 Å². The second-order valence-corrected chi connectivity index (χ2v) is 3.38. The lowest BCUT2D eigenvalue weighted by atomic mass is 10.1. The second-order valence-electron chi connectivity index (χ2n) is 2.52. The summed E-state index contributed by atoms with van der Waals surface area (Å²) in [7, 11) is 0. The standard InChI is InChI=1S/C9H10BrFN2/c1-2-8(13-12)6-4-3-5-7(10)9(6)11/h2-5,8,13H,1,12H2. The minimum Gasteiger partial charge on any atom is -0.271 e. The normalized spacial score (nSPS) is 12.5. The molecular formula is C9H10BrFN2. The van der Waals surface area contributed by atoms with Crippen LogP contribution in [-0.4, -0.2) is 0 Å². The van der Waals surface area contributed by atoms with E-state index in [9.17, 15) is 4.39 Å². The average Bonchev–Trinajstić information content (AvgIpc) is 2.14. The highest BCUT2D eigenvalue weighted by atomic mass is 79.9. The highest BCUT2D eigenvalue weighted by Gasteiger charge is 2.12. The Kier molecular flexibility index (Phi) is 3.59. The summed E-state index contributed by atoms with van der Waals surface area (Å²) in [6.07, 6.45) is 1.55. The summed E-state index contributed by atoms with van der Waals surface area (Å²) in [5.74, 6) is 4.92. The molecule has 13 heavy (non-hydrogen) atoms. The summed E-state index contributed by atoms with van der Waals surface area (Å²) in [4.78, 5) is 0. The maximum Gasteiger partial charge on any atom is 0.142 e. The van der Waals surface area contributed by atoms with Crippen LogP contribution in [0, 0.1) is 5.82 Å². The van der Waals surface area contributed by atoms with Crippen molar-refractivity contribution < 1.29 is 4.39 Å². The number of halogens is 2. The fourth-order valence-electron chi connectivity index (χ4n) is 1.05. The van der Waals surface area contributed by atoms with Gasteiger partial charge in [0.2, 0.25) is 0 Å². The third kappa shape index (κ3) is 2.15. The zero-order valence-corrected chi connectivity index (χ0v) is 8.51. The quantitative estimate of drug-likeness (QED) is 0.487. The number of nitrogens with one attached hydrogen (secondary N) is 1. The number of hydrogen-bond acceptors (Lipinski definition) is 2. The molecule has 0 aliphatic carbocycles. The Hall–Kier alpha value is -0.710. The van der Waals surface area contributed by atoms with Gasteiger partial charge in [-0.2, -0.15) is 0 Å². The van der Waals surface area contributed by atoms with Crippen molar-refractivity contribution in [2.45, 2.75) is 6.04 Å². The highest BCUT2D eigenvalue weighted by molar-refractivity contribution is 9.10. The minimum absolute atomic E-state index is 0.314. The Morgan fingerprint density at radius 2 is 2.31 bits per heavy atom. The van der Waals surface area contributed by atoms with Gasteiger partial charge in [0.05, 0.1) is 10.5 Å². The molecule has 0 saturated heterocycles. The topological polar surface area (TPSA) is 38.0 Å². The van der Waals surface area contributed by atoms with Crippen molar-refractivity contribution in [3.63, 3.8) is 0 Å². The van der Waals surface area contributed by atoms with Crippen LogP contribution in [0.3, 0.4) is 0 Å². The molecule has 0 fully saturated rings. The summed E-state index contributed by atoms with van der Waals surface area (Å²) < 4.78 is 13.9. The fraction of sp³-hybridized carbons (Fsp3) is 0.111. The molecule has 1 unspecified atom stereocenters. The first-order valence-electron chi connectivity index (χ1n) is 3.73. The molecule has 1 aromatic carbocycles. The van der Waals surface area contributed by atoms with Crippen LogP contribution in [0.25, 0.3) is 0 Å². The van der Waals surface area contributed by atoms with E-state index in [0.29, 0.717) is 10.0 Å². The zero-order chi connectivity index (χ0) is 9.84. The lowest BCUT2D eigenvalue weighted by molar-refractivity contribution is 0.564. The van der Waals surface area contributed by atoms with Gasteiger partial charge in [0, 0.05) is 5.56 Å². The van der Waals surface area contributed by atoms with Gasteiger partial charge in [0.15, 0.2) is 0 Å². The van der Waals surface area contributed by atoms with Gasteiger partial charge in [-0.1, -0.05) is 18.2 Å². The number of rotatable bonds is 3. The molecule has 0 spiro atoms. The summed E-state index contributed by atoms with van der Waals surface area (Å²) in [6.45, 7) is 3.55. The SMILES string of the molecule is C=CC(NN)c1cccc(Br)c1F. The maximum absolute atomic E-state index is 13.4. The highest BCUT2D eigenvalue weighted by Crippen LogP contribution is 2.23. The van der Waals surface area contributed by atoms with Gasteiger partial charge in [-0.15, -0.1) is 6.58 Å². The summed E-state index contributed by atoms with van der Waals surface area (Å²) in [6, 6.07) is 4.68. The molecule has 4 heteroatoms. The Morgan fingerprint density at radius 3 is 2.85 bits per heavy atom. The molecule has 0 aliphatic heterocycles. The molecule has 0 bridgehead atoms. The smallest absolute Gasteiger partial charge is 0.142 e. The zero-order valence-electron chi connectivity index (χ0n) is 6.93. The van der Waals surface area contributed by atoms with E-state index in [4.69, 9.17) is 5.84 Å². The molecule has 2 nitrogen and oxygen atoms in total. The van der Waals surface area contributed by atoms with Crippen molar-refractivity contribution in [1.29, 1.82) is 0 Å². The molecule has 70 valence electrons. The van der Waals surface area contributed by atoms with Crippen molar-refractivity contribution in [2.75, 3.05) is 0 Å². The summed E-state index contributed by atoms with van der Waals surface area (Å²) in [5.41, 5.74) is 2.94. The van der Waals surface area contributed by atoms with E-state index in [1.807, 2.05) is 0 Å². The molecule has 1 aromatic rings. The van der Waals surface area contributed by atoms with E-state index in [1.54, 1.807) is 24.3 Å². The monoisotopic (exact) mass is 244 g/mol. The van der Waals surface area contributed by atoms with E-state index in [1.165, 1.54) is 0 Å². The van der Waals surface area contributed by atoms with Crippen molar-refractivity contribution >= 4 is 15.9 Å².